The lowest BCUT2D eigenvalue weighted by molar-refractivity contribution is 0.152. The first-order valence-corrected chi connectivity index (χ1v) is 8.56. The molecule has 2 heteroatoms. The normalized spacial score (nSPS) is 14.9. The molecule has 0 radical (unpaired) electrons. The molecular formula is C19H35NO. The van der Waals surface area contributed by atoms with Crippen molar-refractivity contribution in [3.05, 3.63) is 35.6 Å². The Morgan fingerprint density at radius 1 is 1.19 bits per heavy atom. The zero-order valence-electron chi connectivity index (χ0n) is 14.5. The topological polar surface area (TPSA) is 35.2 Å². The van der Waals surface area contributed by atoms with Crippen LogP contribution < -0.4 is 5.73 Å². The van der Waals surface area contributed by atoms with Crippen molar-refractivity contribution in [3.8, 4) is 0 Å². The molecule has 1 atom stereocenters. The number of ether oxygens (including phenoxy) is 1. The number of hydrogen-bond acceptors (Lipinski definition) is 2. The Morgan fingerprint density at radius 2 is 1.95 bits per heavy atom. The molecule has 0 fully saturated rings. The minimum absolute atomic E-state index is 0.669. The van der Waals surface area contributed by atoms with Gasteiger partial charge in [0.2, 0.25) is 0 Å². The smallest absolute Gasteiger partial charge is 0.0650 e. The van der Waals surface area contributed by atoms with Gasteiger partial charge >= 0.3 is 0 Å². The summed E-state index contributed by atoms with van der Waals surface area (Å²) in [6.07, 6.45) is 15.6. The van der Waals surface area contributed by atoms with E-state index < -0.39 is 0 Å². The van der Waals surface area contributed by atoms with Gasteiger partial charge in [0.15, 0.2) is 0 Å². The highest BCUT2D eigenvalue weighted by molar-refractivity contribution is 5.37. The first kappa shape index (κ1) is 20.0. The van der Waals surface area contributed by atoms with Crippen molar-refractivity contribution in [2.24, 2.45) is 11.7 Å². The molecule has 0 heterocycles. The maximum Gasteiger partial charge on any atom is 0.0650 e. The molecule has 0 aliphatic carbocycles. The summed E-state index contributed by atoms with van der Waals surface area (Å²) in [7, 11) is 0. The summed E-state index contributed by atoms with van der Waals surface area (Å²) in [6, 6.07) is 0. The first-order chi connectivity index (χ1) is 10.2. The van der Waals surface area contributed by atoms with Gasteiger partial charge in [0.25, 0.3) is 0 Å². The van der Waals surface area contributed by atoms with Gasteiger partial charge in [-0.1, -0.05) is 64.3 Å². The lowest BCUT2D eigenvalue weighted by atomic mass is 9.96. The average Bonchev–Trinajstić information content (AvgIpc) is 2.50. The van der Waals surface area contributed by atoms with Gasteiger partial charge in [0, 0.05) is 12.3 Å². The second-order valence-corrected chi connectivity index (χ2v) is 5.49. The van der Waals surface area contributed by atoms with E-state index in [1.807, 2.05) is 13.0 Å². The number of hydrogen-bond donors (Lipinski definition) is 1. The van der Waals surface area contributed by atoms with E-state index in [-0.39, 0.29) is 0 Å². The Hall–Kier alpha value is -1.02. The fraction of sp³-hybridized carbons (Fsp3) is 0.684. The van der Waals surface area contributed by atoms with E-state index in [1.54, 1.807) is 0 Å². The third-order valence-electron chi connectivity index (χ3n) is 3.76. The lowest BCUT2D eigenvalue weighted by Crippen LogP contribution is -2.02. The average molecular weight is 293 g/mol. The van der Waals surface area contributed by atoms with E-state index in [9.17, 15) is 0 Å². The predicted molar refractivity (Wildman–Crippen MR) is 94.2 cm³/mol. The maximum atomic E-state index is 5.94. The summed E-state index contributed by atoms with van der Waals surface area (Å²) in [4.78, 5) is 0. The maximum absolute atomic E-state index is 5.94. The summed E-state index contributed by atoms with van der Waals surface area (Å²) in [5.74, 6) is 0.878. The van der Waals surface area contributed by atoms with Crippen molar-refractivity contribution in [1.82, 2.24) is 0 Å². The molecule has 0 aliphatic heterocycles. The molecule has 0 aromatic rings. The molecule has 2 N–H and O–H groups in total. The second-order valence-electron chi connectivity index (χ2n) is 5.49. The molecule has 21 heavy (non-hydrogen) atoms. The molecule has 1 unspecified atom stereocenters. The highest BCUT2D eigenvalue weighted by atomic mass is 16.5. The van der Waals surface area contributed by atoms with Crippen molar-refractivity contribution >= 4 is 0 Å². The molecule has 0 amide bonds. The van der Waals surface area contributed by atoms with Gasteiger partial charge in [-0.3, -0.25) is 0 Å². The first-order valence-electron chi connectivity index (χ1n) is 8.56. The quantitative estimate of drug-likeness (QED) is 0.388. The number of rotatable bonds is 12. The zero-order valence-corrected chi connectivity index (χ0v) is 14.5. The Labute approximate surface area is 132 Å². The molecule has 0 bridgehead atoms. The second kappa shape index (κ2) is 13.9. The van der Waals surface area contributed by atoms with Crippen molar-refractivity contribution in [3.63, 3.8) is 0 Å². The molecule has 0 saturated carbocycles. The molecule has 0 aromatic heterocycles. The molecule has 0 spiro atoms. The van der Waals surface area contributed by atoms with Crippen LogP contribution in [0.25, 0.3) is 0 Å². The Balaban J connectivity index is 3.88. The summed E-state index contributed by atoms with van der Waals surface area (Å²) < 4.78 is 5.67. The van der Waals surface area contributed by atoms with Gasteiger partial charge in [-0.15, -0.1) is 0 Å². The van der Waals surface area contributed by atoms with Gasteiger partial charge in [-0.05, 0) is 37.7 Å². The molecule has 2 nitrogen and oxygen atoms in total. The Bertz CT molecular complexity index is 328. The predicted octanol–water partition coefficient (Wildman–Crippen LogP) is 5.36. The highest BCUT2D eigenvalue weighted by Crippen LogP contribution is 2.16. The summed E-state index contributed by atoms with van der Waals surface area (Å²) in [6.45, 7) is 10.2. The molecule has 0 saturated heterocycles. The van der Waals surface area contributed by atoms with Crippen molar-refractivity contribution in [2.45, 2.75) is 66.2 Å². The monoisotopic (exact) mass is 293 g/mol. The van der Waals surface area contributed by atoms with E-state index in [0.717, 1.165) is 30.2 Å². The molecule has 0 aromatic carbocycles. The fourth-order valence-corrected chi connectivity index (χ4v) is 2.43. The standard InChI is InChI=1S/C19H35NO/c1-5-11-17(7-3)13-9-15-21-16-10-14-18(12-6-2)19(20)8-4/h8,10,12,14,17H,5-7,9,11,13,15-16,20H2,1-4H3/b14-10-,18-12?,19-8+. The van der Waals surface area contributed by atoms with E-state index >= 15 is 0 Å². The third-order valence-corrected chi connectivity index (χ3v) is 3.76. The SMILES string of the molecule is C/C=C(/N)C(=CCC)/C=C\COCCCC(CC)CCC. The molecular weight excluding hydrogens is 258 g/mol. The van der Waals surface area contributed by atoms with Gasteiger partial charge in [-0.25, -0.2) is 0 Å². The lowest BCUT2D eigenvalue weighted by Gasteiger charge is -2.12. The molecule has 0 aliphatic rings. The number of nitrogens with two attached hydrogens (primary N) is 1. The van der Waals surface area contributed by atoms with Crippen LogP contribution in [0.5, 0.6) is 0 Å². The van der Waals surface area contributed by atoms with Gasteiger partial charge in [0.1, 0.15) is 0 Å². The highest BCUT2D eigenvalue weighted by Gasteiger charge is 2.03. The van der Waals surface area contributed by atoms with E-state index in [4.69, 9.17) is 10.5 Å². The van der Waals surface area contributed by atoms with Crippen LogP contribution in [0.3, 0.4) is 0 Å². The minimum Gasteiger partial charge on any atom is -0.399 e. The summed E-state index contributed by atoms with van der Waals surface area (Å²) in [5.41, 5.74) is 7.87. The van der Waals surface area contributed by atoms with Crippen molar-refractivity contribution in [1.29, 1.82) is 0 Å². The van der Waals surface area contributed by atoms with Crippen LogP contribution in [0.1, 0.15) is 66.2 Å². The van der Waals surface area contributed by atoms with Crippen molar-refractivity contribution in [2.75, 3.05) is 13.2 Å². The van der Waals surface area contributed by atoms with E-state index in [1.165, 1.54) is 32.1 Å². The van der Waals surface area contributed by atoms with Crippen molar-refractivity contribution < 1.29 is 4.74 Å². The van der Waals surface area contributed by atoms with Gasteiger partial charge in [-0.2, -0.15) is 0 Å². The van der Waals surface area contributed by atoms with Crippen LogP contribution in [0, 0.1) is 5.92 Å². The Morgan fingerprint density at radius 3 is 2.52 bits per heavy atom. The minimum atomic E-state index is 0.669. The Kier molecular flexibility index (Phi) is 13.3. The van der Waals surface area contributed by atoms with Crippen LogP contribution in [0.2, 0.25) is 0 Å². The molecule has 0 rings (SSSR count). The van der Waals surface area contributed by atoms with Crippen LogP contribution in [-0.2, 0) is 4.74 Å². The van der Waals surface area contributed by atoms with Crippen LogP contribution in [0.15, 0.2) is 35.6 Å². The largest absolute Gasteiger partial charge is 0.399 e. The van der Waals surface area contributed by atoms with E-state index in [2.05, 4.69) is 39.0 Å². The van der Waals surface area contributed by atoms with Crippen LogP contribution in [0.4, 0.5) is 0 Å². The van der Waals surface area contributed by atoms with Crippen LogP contribution >= 0.6 is 0 Å². The zero-order chi connectivity index (χ0) is 15.9. The van der Waals surface area contributed by atoms with Crippen LogP contribution in [-0.4, -0.2) is 13.2 Å². The summed E-state index contributed by atoms with van der Waals surface area (Å²) in [5, 5.41) is 0. The van der Waals surface area contributed by atoms with E-state index in [0.29, 0.717) is 6.61 Å². The summed E-state index contributed by atoms with van der Waals surface area (Å²) >= 11 is 0. The third kappa shape index (κ3) is 10.4. The molecule has 122 valence electrons. The van der Waals surface area contributed by atoms with Gasteiger partial charge < -0.3 is 10.5 Å². The number of allylic oxidation sites excluding steroid dienone is 3. The van der Waals surface area contributed by atoms with Gasteiger partial charge in [0.05, 0.1) is 6.61 Å². The fourth-order valence-electron chi connectivity index (χ4n) is 2.43.